The lowest BCUT2D eigenvalue weighted by molar-refractivity contribution is 0.243. The van der Waals surface area contributed by atoms with Gasteiger partial charge in [0.05, 0.1) is 0 Å². The van der Waals surface area contributed by atoms with Crippen LogP contribution >= 0.6 is 0 Å². The molecule has 1 heterocycles. The molecule has 0 aliphatic carbocycles. The third-order valence-electron chi connectivity index (χ3n) is 4.59. The summed E-state index contributed by atoms with van der Waals surface area (Å²) in [4.78, 5) is 16.7. The van der Waals surface area contributed by atoms with Gasteiger partial charge in [0, 0.05) is 16.9 Å². The topological polar surface area (TPSA) is 89.3 Å². The van der Waals surface area contributed by atoms with Crippen molar-refractivity contribution in [1.29, 1.82) is 0 Å². The minimum atomic E-state index is -0.327. The van der Waals surface area contributed by atoms with Crippen LogP contribution in [0.5, 0.6) is 5.75 Å². The summed E-state index contributed by atoms with van der Waals surface area (Å²) in [5.74, 6) is 1.53. The number of aromatic nitrogens is 2. The van der Waals surface area contributed by atoms with E-state index in [0.29, 0.717) is 17.4 Å². The van der Waals surface area contributed by atoms with Gasteiger partial charge in [0.2, 0.25) is 5.82 Å². The van der Waals surface area contributed by atoms with Crippen LogP contribution in [0.25, 0.3) is 11.4 Å². The van der Waals surface area contributed by atoms with Crippen LogP contribution in [-0.4, -0.2) is 16.2 Å². The predicted molar refractivity (Wildman–Crippen MR) is 119 cm³/mol. The molecule has 0 saturated heterocycles. The van der Waals surface area contributed by atoms with Crippen LogP contribution in [0.2, 0.25) is 0 Å². The molecule has 1 aromatic heterocycles. The van der Waals surface area contributed by atoms with Crippen molar-refractivity contribution >= 4 is 17.4 Å². The minimum absolute atomic E-state index is 0.174. The number of anilines is 2. The summed E-state index contributed by atoms with van der Waals surface area (Å²) in [5, 5.41) is 9.69. The van der Waals surface area contributed by atoms with E-state index in [1.54, 1.807) is 12.1 Å². The van der Waals surface area contributed by atoms with Gasteiger partial charge in [0.25, 0.3) is 5.89 Å². The molecule has 0 radical (unpaired) electrons. The number of carbonyl (C=O) groups excluding carboxylic acids is 1. The number of carbonyl (C=O) groups is 1. The van der Waals surface area contributed by atoms with Gasteiger partial charge in [-0.1, -0.05) is 47.6 Å². The Labute approximate surface area is 180 Å². The van der Waals surface area contributed by atoms with Gasteiger partial charge >= 0.3 is 6.03 Å². The molecule has 4 aromatic rings. The van der Waals surface area contributed by atoms with Crippen LogP contribution in [0.4, 0.5) is 16.2 Å². The Hall–Kier alpha value is -4.13. The van der Waals surface area contributed by atoms with E-state index in [4.69, 9.17) is 9.26 Å². The molecule has 0 aliphatic heterocycles. The molecular weight excluding hydrogens is 392 g/mol. The summed E-state index contributed by atoms with van der Waals surface area (Å²) in [6.07, 6.45) is 0. The molecule has 0 unspecified atom stereocenters. The average molecular weight is 414 g/mol. The van der Waals surface area contributed by atoms with Crippen molar-refractivity contribution in [1.82, 2.24) is 10.1 Å². The van der Waals surface area contributed by atoms with Crippen LogP contribution in [0, 0.1) is 13.8 Å². The van der Waals surface area contributed by atoms with E-state index in [1.807, 2.05) is 74.5 Å². The van der Waals surface area contributed by atoms with E-state index in [0.717, 1.165) is 28.1 Å². The third-order valence-corrected chi connectivity index (χ3v) is 4.59. The molecule has 0 saturated carbocycles. The second-order valence-electron chi connectivity index (χ2n) is 7.09. The molecule has 2 amide bonds. The molecule has 0 atom stereocenters. The minimum Gasteiger partial charge on any atom is -0.484 e. The first-order valence-electron chi connectivity index (χ1n) is 9.83. The smallest absolute Gasteiger partial charge is 0.323 e. The maximum atomic E-state index is 12.3. The molecule has 3 aromatic carbocycles. The molecule has 0 spiro atoms. The lowest BCUT2D eigenvalue weighted by Gasteiger charge is -2.10. The number of benzene rings is 3. The third kappa shape index (κ3) is 5.27. The second kappa shape index (κ2) is 9.13. The summed E-state index contributed by atoms with van der Waals surface area (Å²) in [6.45, 7) is 4.11. The zero-order valence-electron chi connectivity index (χ0n) is 17.3. The van der Waals surface area contributed by atoms with Crippen LogP contribution in [-0.2, 0) is 6.61 Å². The first kappa shape index (κ1) is 20.2. The van der Waals surface area contributed by atoms with Gasteiger partial charge in [-0.25, -0.2) is 4.79 Å². The number of para-hydroxylation sites is 1. The van der Waals surface area contributed by atoms with Crippen molar-refractivity contribution in [2.45, 2.75) is 20.5 Å². The van der Waals surface area contributed by atoms with Crippen LogP contribution in [0.15, 0.2) is 77.3 Å². The van der Waals surface area contributed by atoms with E-state index in [1.165, 1.54) is 0 Å². The number of hydrogen-bond donors (Lipinski definition) is 2. The predicted octanol–water partition coefficient (Wildman–Crippen LogP) is 5.58. The highest BCUT2D eigenvalue weighted by Crippen LogP contribution is 2.21. The van der Waals surface area contributed by atoms with Gasteiger partial charge in [0.1, 0.15) is 5.75 Å². The maximum absolute atomic E-state index is 12.3. The van der Waals surface area contributed by atoms with Crippen molar-refractivity contribution < 1.29 is 14.1 Å². The molecule has 0 fully saturated rings. The van der Waals surface area contributed by atoms with E-state index in [-0.39, 0.29) is 12.6 Å². The molecule has 0 aliphatic rings. The highest BCUT2D eigenvalue weighted by Gasteiger charge is 2.11. The number of urea groups is 1. The average Bonchev–Trinajstić information content (AvgIpc) is 3.23. The SMILES string of the molecule is Cc1cccc(OCc2nc(-c3cccc(NC(=O)Nc4ccccc4C)c3)no2)c1. The summed E-state index contributed by atoms with van der Waals surface area (Å²) >= 11 is 0. The van der Waals surface area contributed by atoms with Crippen molar-refractivity contribution in [2.24, 2.45) is 0 Å². The van der Waals surface area contributed by atoms with Gasteiger partial charge in [-0.2, -0.15) is 4.98 Å². The monoisotopic (exact) mass is 414 g/mol. The summed E-state index contributed by atoms with van der Waals surface area (Å²) < 4.78 is 11.0. The van der Waals surface area contributed by atoms with Gasteiger partial charge < -0.3 is 19.9 Å². The van der Waals surface area contributed by atoms with E-state index < -0.39 is 0 Å². The van der Waals surface area contributed by atoms with Crippen molar-refractivity contribution in [3.05, 3.63) is 89.8 Å². The molecule has 7 heteroatoms. The van der Waals surface area contributed by atoms with E-state index in [2.05, 4.69) is 20.8 Å². The Kier molecular flexibility index (Phi) is 5.93. The second-order valence-corrected chi connectivity index (χ2v) is 7.09. The standard InChI is InChI=1S/C24H22N4O3/c1-16-7-5-11-20(13-16)30-15-22-27-23(28-31-22)18-9-6-10-19(14-18)25-24(29)26-21-12-4-3-8-17(21)2/h3-14H,15H2,1-2H3,(H2,25,26,29). The fourth-order valence-corrected chi connectivity index (χ4v) is 3.01. The molecule has 31 heavy (non-hydrogen) atoms. The quantitative estimate of drug-likeness (QED) is 0.430. The normalized spacial score (nSPS) is 10.5. The molecular formula is C24H22N4O3. The van der Waals surface area contributed by atoms with Gasteiger partial charge in [0.15, 0.2) is 6.61 Å². The Morgan fingerprint density at radius 2 is 1.81 bits per heavy atom. The number of aryl methyl sites for hydroxylation is 2. The van der Waals surface area contributed by atoms with Gasteiger partial charge in [-0.3, -0.25) is 0 Å². The molecule has 156 valence electrons. The van der Waals surface area contributed by atoms with E-state index in [9.17, 15) is 4.79 Å². The van der Waals surface area contributed by atoms with E-state index >= 15 is 0 Å². The lowest BCUT2D eigenvalue weighted by atomic mass is 10.2. The van der Waals surface area contributed by atoms with Crippen molar-refractivity contribution in [3.8, 4) is 17.1 Å². The van der Waals surface area contributed by atoms with Crippen LogP contribution in [0.1, 0.15) is 17.0 Å². The zero-order valence-corrected chi connectivity index (χ0v) is 17.3. The fraction of sp³-hybridized carbons (Fsp3) is 0.125. The number of nitrogens with zero attached hydrogens (tertiary/aromatic N) is 2. The Morgan fingerprint density at radius 3 is 2.65 bits per heavy atom. The first-order valence-corrected chi connectivity index (χ1v) is 9.83. The Bertz CT molecular complexity index is 1200. The summed E-state index contributed by atoms with van der Waals surface area (Å²) in [5.41, 5.74) is 4.19. The maximum Gasteiger partial charge on any atom is 0.323 e. The molecule has 0 bridgehead atoms. The fourth-order valence-electron chi connectivity index (χ4n) is 3.01. The molecule has 7 nitrogen and oxygen atoms in total. The summed E-state index contributed by atoms with van der Waals surface area (Å²) in [6, 6.07) is 22.2. The van der Waals surface area contributed by atoms with Crippen LogP contribution < -0.4 is 15.4 Å². The molecule has 2 N–H and O–H groups in total. The molecule has 4 rings (SSSR count). The number of hydrogen-bond acceptors (Lipinski definition) is 5. The first-order chi connectivity index (χ1) is 15.1. The number of nitrogens with one attached hydrogen (secondary N) is 2. The summed E-state index contributed by atoms with van der Waals surface area (Å²) in [7, 11) is 0. The highest BCUT2D eigenvalue weighted by atomic mass is 16.5. The Morgan fingerprint density at radius 1 is 0.968 bits per heavy atom. The highest BCUT2D eigenvalue weighted by molar-refractivity contribution is 6.00. The lowest BCUT2D eigenvalue weighted by Crippen LogP contribution is -2.19. The number of ether oxygens (including phenoxy) is 1. The van der Waals surface area contributed by atoms with Crippen LogP contribution in [0.3, 0.4) is 0 Å². The largest absolute Gasteiger partial charge is 0.484 e. The van der Waals surface area contributed by atoms with Crippen molar-refractivity contribution in [3.63, 3.8) is 0 Å². The Balaban J connectivity index is 1.40. The van der Waals surface area contributed by atoms with Gasteiger partial charge in [-0.15, -0.1) is 0 Å². The number of rotatable bonds is 6. The zero-order chi connectivity index (χ0) is 21.6. The number of amides is 2. The van der Waals surface area contributed by atoms with Crippen molar-refractivity contribution in [2.75, 3.05) is 10.6 Å². The van der Waals surface area contributed by atoms with Gasteiger partial charge in [-0.05, 0) is 55.3 Å².